The van der Waals surface area contributed by atoms with Crippen LogP contribution in [0.25, 0.3) is 0 Å². The lowest BCUT2D eigenvalue weighted by atomic mass is 10.2. The predicted octanol–water partition coefficient (Wildman–Crippen LogP) is 2.02. The molecule has 0 saturated carbocycles. The van der Waals surface area contributed by atoms with E-state index < -0.39 is 0 Å². The Morgan fingerprint density at radius 3 is 2.67 bits per heavy atom. The molecule has 1 heterocycles. The Morgan fingerprint density at radius 2 is 1.93 bits per heavy atom. The third kappa shape index (κ3) is 2.72. The summed E-state index contributed by atoms with van der Waals surface area (Å²) >= 11 is 0. The zero-order valence-corrected chi connectivity index (χ0v) is 9.52. The van der Waals surface area contributed by atoms with Crippen molar-refractivity contribution in [3.8, 4) is 0 Å². The lowest BCUT2D eigenvalue weighted by Crippen LogP contribution is -2.45. The molecular formula is C13H20N2. The normalized spacial score (nSPS) is 22.7. The van der Waals surface area contributed by atoms with Crippen LogP contribution in [-0.2, 0) is 0 Å². The summed E-state index contributed by atoms with van der Waals surface area (Å²) in [5, 5.41) is 0. The number of likely N-dealkylation sites (N-methyl/N-ethyl adjacent to an activating group) is 1. The van der Waals surface area contributed by atoms with Crippen molar-refractivity contribution in [3.63, 3.8) is 0 Å². The molecule has 1 aliphatic carbocycles. The Bertz CT molecular complexity index is 281. The van der Waals surface area contributed by atoms with Crippen molar-refractivity contribution in [2.75, 3.05) is 32.7 Å². The van der Waals surface area contributed by atoms with Gasteiger partial charge in [-0.3, -0.25) is 0 Å². The number of allylic oxidation sites excluding steroid dienone is 5. The maximum atomic E-state index is 2.51. The van der Waals surface area contributed by atoms with Gasteiger partial charge in [0.05, 0.1) is 0 Å². The van der Waals surface area contributed by atoms with Gasteiger partial charge in [0.2, 0.25) is 0 Å². The zero-order valence-electron chi connectivity index (χ0n) is 9.52. The molecule has 2 rings (SSSR count). The smallest absolute Gasteiger partial charge is 0.0363 e. The van der Waals surface area contributed by atoms with E-state index in [0.29, 0.717) is 0 Å². The van der Waals surface area contributed by atoms with Crippen LogP contribution in [0.1, 0.15) is 13.3 Å². The zero-order chi connectivity index (χ0) is 10.5. The molecule has 0 aromatic carbocycles. The molecule has 15 heavy (non-hydrogen) atoms. The van der Waals surface area contributed by atoms with Gasteiger partial charge in [-0.05, 0) is 25.1 Å². The SMILES string of the molecule is CCN1CCN(C2=CC=CCC=C2)CC1. The summed E-state index contributed by atoms with van der Waals surface area (Å²) in [6, 6.07) is 0. The molecule has 0 radical (unpaired) electrons. The van der Waals surface area contributed by atoms with Crippen LogP contribution in [0, 0.1) is 0 Å². The Kier molecular flexibility index (Phi) is 3.62. The average molecular weight is 204 g/mol. The summed E-state index contributed by atoms with van der Waals surface area (Å²) in [7, 11) is 0. The number of hydrogen-bond acceptors (Lipinski definition) is 2. The highest BCUT2D eigenvalue weighted by Gasteiger charge is 2.15. The number of piperazine rings is 1. The molecule has 0 bridgehead atoms. The fraction of sp³-hybridized carbons (Fsp3) is 0.538. The van der Waals surface area contributed by atoms with Crippen molar-refractivity contribution >= 4 is 0 Å². The average Bonchev–Trinajstić information content (AvgIpc) is 2.58. The highest BCUT2D eigenvalue weighted by molar-refractivity contribution is 5.26. The van der Waals surface area contributed by atoms with Gasteiger partial charge in [-0.25, -0.2) is 0 Å². The van der Waals surface area contributed by atoms with E-state index in [0.717, 1.165) is 19.5 Å². The van der Waals surface area contributed by atoms with Gasteiger partial charge in [-0.1, -0.05) is 25.2 Å². The Hall–Kier alpha value is -1.02. The van der Waals surface area contributed by atoms with Crippen LogP contribution >= 0.6 is 0 Å². The molecule has 0 spiro atoms. The molecule has 0 amide bonds. The summed E-state index contributed by atoms with van der Waals surface area (Å²) in [6.07, 6.45) is 12.1. The highest BCUT2D eigenvalue weighted by atomic mass is 15.3. The first-order valence-electron chi connectivity index (χ1n) is 5.91. The molecule has 0 aromatic rings. The van der Waals surface area contributed by atoms with E-state index in [2.05, 4.69) is 47.1 Å². The van der Waals surface area contributed by atoms with E-state index in [9.17, 15) is 0 Å². The molecule has 2 heteroatoms. The molecule has 0 aromatic heterocycles. The standard InChI is InChI=1S/C13H20N2/c1-2-14-9-11-15(12-10-14)13-7-5-3-4-6-8-13/h3,5-8H,2,4,9-12H2,1H3. The molecule has 0 atom stereocenters. The quantitative estimate of drug-likeness (QED) is 0.679. The van der Waals surface area contributed by atoms with Gasteiger partial charge in [0, 0.05) is 31.9 Å². The second-order valence-electron chi connectivity index (χ2n) is 4.08. The lowest BCUT2D eigenvalue weighted by molar-refractivity contribution is 0.168. The maximum absolute atomic E-state index is 2.51. The maximum Gasteiger partial charge on any atom is 0.0363 e. The van der Waals surface area contributed by atoms with Crippen LogP contribution in [0.3, 0.4) is 0 Å². The fourth-order valence-electron chi connectivity index (χ4n) is 2.10. The van der Waals surface area contributed by atoms with Crippen molar-refractivity contribution < 1.29 is 0 Å². The number of hydrogen-bond donors (Lipinski definition) is 0. The lowest BCUT2D eigenvalue weighted by Gasteiger charge is -2.36. The first kappa shape index (κ1) is 10.5. The molecule has 2 nitrogen and oxygen atoms in total. The topological polar surface area (TPSA) is 6.48 Å². The van der Waals surface area contributed by atoms with Crippen molar-refractivity contribution in [3.05, 3.63) is 36.1 Å². The number of nitrogens with zero attached hydrogens (tertiary/aromatic N) is 2. The Morgan fingerprint density at radius 1 is 1.13 bits per heavy atom. The minimum Gasteiger partial charge on any atom is -0.369 e. The van der Waals surface area contributed by atoms with Gasteiger partial charge in [0.15, 0.2) is 0 Å². The van der Waals surface area contributed by atoms with Crippen LogP contribution in [0.2, 0.25) is 0 Å². The monoisotopic (exact) mass is 204 g/mol. The molecule has 0 unspecified atom stereocenters. The molecule has 1 fully saturated rings. The van der Waals surface area contributed by atoms with Crippen molar-refractivity contribution in [2.45, 2.75) is 13.3 Å². The fourth-order valence-corrected chi connectivity index (χ4v) is 2.10. The van der Waals surface area contributed by atoms with Crippen LogP contribution < -0.4 is 0 Å². The van der Waals surface area contributed by atoms with Crippen LogP contribution in [-0.4, -0.2) is 42.5 Å². The van der Waals surface area contributed by atoms with Gasteiger partial charge in [0.1, 0.15) is 0 Å². The number of rotatable bonds is 2. The van der Waals surface area contributed by atoms with E-state index in [1.165, 1.54) is 25.3 Å². The van der Waals surface area contributed by atoms with Crippen LogP contribution in [0.15, 0.2) is 36.1 Å². The molecule has 82 valence electrons. The van der Waals surface area contributed by atoms with Crippen molar-refractivity contribution in [1.29, 1.82) is 0 Å². The summed E-state index contributed by atoms with van der Waals surface area (Å²) in [6.45, 7) is 8.15. The summed E-state index contributed by atoms with van der Waals surface area (Å²) in [5.41, 5.74) is 1.37. The van der Waals surface area contributed by atoms with E-state index in [-0.39, 0.29) is 0 Å². The second kappa shape index (κ2) is 5.17. The van der Waals surface area contributed by atoms with Gasteiger partial charge in [-0.15, -0.1) is 0 Å². The van der Waals surface area contributed by atoms with E-state index in [1.807, 2.05) is 0 Å². The van der Waals surface area contributed by atoms with Gasteiger partial charge >= 0.3 is 0 Å². The summed E-state index contributed by atoms with van der Waals surface area (Å²) in [5.74, 6) is 0. The molecule has 1 aliphatic heterocycles. The van der Waals surface area contributed by atoms with Gasteiger partial charge in [-0.2, -0.15) is 0 Å². The first-order chi connectivity index (χ1) is 7.40. The molecule has 0 N–H and O–H groups in total. The summed E-state index contributed by atoms with van der Waals surface area (Å²) in [4.78, 5) is 4.99. The third-order valence-electron chi connectivity index (χ3n) is 3.15. The van der Waals surface area contributed by atoms with Gasteiger partial charge in [0.25, 0.3) is 0 Å². The van der Waals surface area contributed by atoms with Gasteiger partial charge < -0.3 is 9.80 Å². The van der Waals surface area contributed by atoms with Crippen molar-refractivity contribution in [1.82, 2.24) is 9.80 Å². The first-order valence-corrected chi connectivity index (χ1v) is 5.91. The Labute approximate surface area is 92.6 Å². The second-order valence-corrected chi connectivity index (χ2v) is 4.08. The third-order valence-corrected chi connectivity index (χ3v) is 3.15. The Balaban J connectivity index is 1.95. The largest absolute Gasteiger partial charge is 0.369 e. The predicted molar refractivity (Wildman–Crippen MR) is 64.7 cm³/mol. The van der Waals surface area contributed by atoms with E-state index >= 15 is 0 Å². The van der Waals surface area contributed by atoms with E-state index in [4.69, 9.17) is 0 Å². The molecule has 1 saturated heterocycles. The van der Waals surface area contributed by atoms with Crippen molar-refractivity contribution in [2.24, 2.45) is 0 Å². The highest BCUT2D eigenvalue weighted by Crippen LogP contribution is 2.13. The molecular weight excluding hydrogens is 184 g/mol. The minimum absolute atomic E-state index is 1.06. The van der Waals surface area contributed by atoms with Crippen LogP contribution in [0.5, 0.6) is 0 Å². The minimum atomic E-state index is 1.06. The van der Waals surface area contributed by atoms with Crippen LogP contribution in [0.4, 0.5) is 0 Å². The summed E-state index contributed by atoms with van der Waals surface area (Å²) < 4.78 is 0. The van der Waals surface area contributed by atoms with E-state index in [1.54, 1.807) is 0 Å². The molecule has 2 aliphatic rings.